The Bertz CT molecular complexity index is 831. The first-order valence-electron chi connectivity index (χ1n) is 10.0. The Morgan fingerprint density at radius 2 is 1.86 bits per heavy atom. The number of ether oxygens (including phenoxy) is 3. The second kappa shape index (κ2) is 10.0. The molecule has 1 aliphatic rings. The van der Waals surface area contributed by atoms with Crippen molar-refractivity contribution < 1.29 is 19.0 Å². The molecule has 0 bridgehead atoms. The van der Waals surface area contributed by atoms with E-state index in [4.69, 9.17) is 14.2 Å². The maximum atomic E-state index is 12.0. The van der Waals surface area contributed by atoms with Gasteiger partial charge in [0.05, 0.1) is 26.1 Å². The van der Waals surface area contributed by atoms with E-state index in [1.54, 1.807) is 14.2 Å². The Labute approximate surface area is 176 Å². The number of carbonyl (C=O) groups is 1. The summed E-state index contributed by atoms with van der Waals surface area (Å²) in [6.45, 7) is 3.70. The molecule has 0 amide bonds. The largest absolute Gasteiger partial charge is 0.493 e. The van der Waals surface area contributed by atoms with Gasteiger partial charge in [-0.2, -0.15) is 0 Å². The van der Waals surface area contributed by atoms with Crippen LogP contribution in [0.15, 0.2) is 23.4 Å². The van der Waals surface area contributed by atoms with E-state index in [0.29, 0.717) is 17.5 Å². The van der Waals surface area contributed by atoms with Crippen LogP contribution in [-0.4, -0.2) is 46.8 Å². The molecule has 0 N–H and O–H groups in total. The number of methoxy groups -OCH3 is 2. The zero-order valence-electron chi connectivity index (χ0n) is 17.5. The molecule has 1 saturated carbocycles. The molecule has 0 spiro atoms. The number of esters is 1. The van der Waals surface area contributed by atoms with E-state index in [0.717, 1.165) is 29.4 Å². The Morgan fingerprint density at radius 1 is 1.14 bits per heavy atom. The molecular formula is C21H29N3O4S. The highest BCUT2D eigenvalue weighted by Crippen LogP contribution is 2.38. The van der Waals surface area contributed by atoms with E-state index in [-0.39, 0.29) is 17.8 Å². The third-order valence-corrected chi connectivity index (χ3v) is 5.85. The first-order chi connectivity index (χ1) is 14.0. The van der Waals surface area contributed by atoms with Crippen LogP contribution in [0.2, 0.25) is 0 Å². The lowest BCUT2D eigenvalue weighted by Crippen LogP contribution is -2.17. The fraction of sp³-hybridized carbons (Fsp3) is 0.571. The number of hydrogen-bond acceptors (Lipinski definition) is 7. The van der Waals surface area contributed by atoms with Crippen LogP contribution in [0.5, 0.6) is 11.5 Å². The van der Waals surface area contributed by atoms with Crippen molar-refractivity contribution in [3.05, 3.63) is 18.2 Å². The van der Waals surface area contributed by atoms with Gasteiger partial charge in [0.15, 0.2) is 22.5 Å². The molecule has 0 atom stereocenters. The van der Waals surface area contributed by atoms with Crippen molar-refractivity contribution in [3.8, 4) is 22.9 Å². The second-order valence-electron chi connectivity index (χ2n) is 7.37. The van der Waals surface area contributed by atoms with Crippen LogP contribution in [0.1, 0.15) is 52.0 Å². The first kappa shape index (κ1) is 21.5. The Morgan fingerprint density at radius 3 is 2.52 bits per heavy atom. The van der Waals surface area contributed by atoms with E-state index in [1.165, 1.54) is 31.0 Å². The monoisotopic (exact) mass is 419 g/mol. The molecule has 29 heavy (non-hydrogen) atoms. The van der Waals surface area contributed by atoms with E-state index >= 15 is 0 Å². The number of thioether (sulfide) groups is 1. The number of aromatic nitrogens is 3. The quantitative estimate of drug-likeness (QED) is 0.460. The Balaban J connectivity index is 1.92. The topological polar surface area (TPSA) is 75.5 Å². The smallest absolute Gasteiger partial charge is 0.316 e. The van der Waals surface area contributed by atoms with Gasteiger partial charge in [0, 0.05) is 11.6 Å². The summed E-state index contributed by atoms with van der Waals surface area (Å²) in [6, 6.07) is 6.09. The zero-order valence-corrected chi connectivity index (χ0v) is 18.3. The van der Waals surface area contributed by atoms with Crippen molar-refractivity contribution in [2.75, 3.05) is 20.0 Å². The van der Waals surface area contributed by atoms with Crippen molar-refractivity contribution in [1.82, 2.24) is 14.8 Å². The van der Waals surface area contributed by atoms with Gasteiger partial charge >= 0.3 is 5.97 Å². The number of benzene rings is 1. The second-order valence-corrected chi connectivity index (χ2v) is 8.31. The molecule has 0 unspecified atom stereocenters. The van der Waals surface area contributed by atoms with Crippen molar-refractivity contribution >= 4 is 17.7 Å². The molecule has 1 heterocycles. The number of hydrogen-bond donors (Lipinski definition) is 0. The summed E-state index contributed by atoms with van der Waals surface area (Å²) in [4.78, 5) is 12.0. The predicted octanol–water partition coefficient (Wildman–Crippen LogP) is 4.51. The number of carbonyl (C=O) groups excluding carboxylic acids is 1. The predicted molar refractivity (Wildman–Crippen MR) is 113 cm³/mol. The average Bonchev–Trinajstić information content (AvgIpc) is 3.15. The lowest BCUT2D eigenvalue weighted by Gasteiger charge is -2.25. The summed E-state index contributed by atoms with van der Waals surface area (Å²) in [5, 5.41) is 9.64. The molecule has 3 rings (SSSR count). The van der Waals surface area contributed by atoms with Crippen LogP contribution in [-0.2, 0) is 9.53 Å². The molecular weight excluding hydrogens is 390 g/mol. The van der Waals surface area contributed by atoms with E-state index < -0.39 is 0 Å². The van der Waals surface area contributed by atoms with Gasteiger partial charge < -0.3 is 14.2 Å². The average molecular weight is 420 g/mol. The molecule has 2 aromatic rings. The molecule has 1 aromatic carbocycles. The molecule has 1 fully saturated rings. The lowest BCUT2D eigenvalue weighted by molar-refractivity contribution is -0.144. The SMILES string of the molecule is COc1ccc(-c2nnc(SCC(=O)OC(C)C)n2C2CCCCC2)cc1OC. The molecule has 1 aromatic heterocycles. The van der Waals surface area contributed by atoms with Gasteiger partial charge in [0.2, 0.25) is 0 Å². The fourth-order valence-corrected chi connectivity index (χ4v) is 4.42. The summed E-state index contributed by atoms with van der Waals surface area (Å²) >= 11 is 1.38. The van der Waals surface area contributed by atoms with Gasteiger partial charge in [-0.15, -0.1) is 10.2 Å². The normalized spacial score (nSPS) is 14.8. The lowest BCUT2D eigenvalue weighted by atomic mass is 9.95. The van der Waals surface area contributed by atoms with Crippen LogP contribution < -0.4 is 9.47 Å². The maximum Gasteiger partial charge on any atom is 0.316 e. The summed E-state index contributed by atoms with van der Waals surface area (Å²) in [5.74, 6) is 2.09. The summed E-state index contributed by atoms with van der Waals surface area (Å²) in [7, 11) is 3.24. The van der Waals surface area contributed by atoms with Crippen LogP contribution in [0.25, 0.3) is 11.4 Å². The molecule has 8 heteroatoms. The number of nitrogens with zero attached hydrogens (tertiary/aromatic N) is 3. The molecule has 158 valence electrons. The van der Waals surface area contributed by atoms with E-state index in [9.17, 15) is 4.79 Å². The van der Waals surface area contributed by atoms with Crippen molar-refractivity contribution in [3.63, 3.8) is 0 Å². The van der Waals surface area contributed by atoms with E-state index in [1.807, 2.05) is 32.0 Å². The first-order valence-corrected chi connectivity index (χ1v) is 11.0. The summed E-state index contributed by atoms with van der Waals surface area (Å²) < 4.78 is 18.3. The van der Waals surface area contributed by atoms with Gasteiger partial charge in [-0.25, -0.2) is 0 Å². The van der Waals surface area contributed by atoms with Gasteiger partial charge in [-0.1, -0.05) is 31.0 Å². The highest BCUT2D eigenvalue weighted by Gasteiger charge is 2.25. The molecule has 0 saturated heterocycles. The minimum Gasteiger partial charge on any atom is -0.493 e. The van der Waals surface area contributed by atoms with Crippen molar-refractivity contribution in [2.24, 2.45) is 0 Å². The third kappa shape index (κ3) is 5.23. The maximum absolute atomic E-state index is 12.0. The number of rotatable bonds is 8. The standard InChI is InChI=1S/C21H29N3O4S/c1-14(2)28-19(25)13-29-21-23-22-20(24(21)16-8-6-5-7-9-16)15-10-11-17(26-3)18(12-15)27-4/h10-12,14,16H,5-9,13H2,1-4H3. The molecule has 7 nitrogen and oxygen atoms in total. The molecule has 0 aliphatic heterocycles. The van der Waals surface area contributed by atoms with E-state index in [2.05, 4.69) is 14.8 Å². The highest BCUT2D eigenvalue weighted by atomic mass is 32.2. The zero-order chi connectivity index (χ0) is 20.8. The minimum absolute atomic E-state index is 0.123. The van der Waals surface area contributed by atoms with Crippen LogP contribution in [0.4, 0.5) is 0 Å². The van der Waals surface area contributed by atoms with Crippen LogP contribution in [0, 0.1) is 0 Å². The Kier molecular flexibility index (Phi) is 7.41. The fourth-order valence-electron chi connectivity index (χ4n) is 3.64. The van der Waals surface area contributed by atoms with Crippen molar-refractivity contribution in [2.45, 2.75) is 63.3 Å². The van der Waals surface area contributed by atoms with Gasteiger partial charge in [-0.3, -0.25) is 9.36 Å². The van der Waals surface area contributed by atoms with Crippen LogP contribution in [0.3, 0.4) is 0 Å². The molecule has 0 radical (unpaired) electrons. The van der Waals surface area contributed by atoms with Crippen molar-refractivity contribution in [1.29, 1.82) is 0 Å². The minimum atomic E-state index is -0.240. The third-order valence-electron chi connectivity index (χ3n) is 4.93. The highest BCUT2D eigenvalue weighted by molar-refractivity contribution is 7.99. The molecule has 1 aliphatic carbocycles. The van der Waals surface area contributed by atoms with Gasteiger partial charge in [0.1, 0.15) is 0 Å². The summed E-state index contributed by atoms with van der Waals surface area (Å²) in [6.07, 6.45) is 5.68. The van der Waals surface area contributed by atoms with Gasteiger partial charge in [0.25, 0.3) is 0 Å². The van der Waals surface area contributed by atoms with Gasteiger partial charge in [-0.05, 0) is 44.9 Å². The summed E-state index contributed by atoms with van der Waals surface area (Å²) in [5.41, 5.74) is 0.914. The Hall–Kier alpha value is -2.22. The van der Waals surface area contributed by atoms with Crippen LogP contribution >= 0.6 is 11.8 Å².